The van der Waals surface area contributed by atoms with Crippen molar-refractivity contribution in [1.82, 2.24) is 9.97 Å². The summed E-state index contributed by atoms with van der Waals surface area (Å²) in [6.07, 6.45) is 0. The molecule has 2 N–H and O–H groups in total. The molecule has 2 heterocycles. The normalized spacial score (nSPS) is 11.3. The highest BCUT2D eigenvalue weighted by Gasteiger charge is 2.17. The zero-order chi connectivity index (χ0) is 24.5. The lowest BCUT2D eigenvalue weighted by atomic mass is 10.2. The van der Waals surface area contributed by atoms with E-state index in [-0.39, 0.29) is 16.6 Å². The van der Waals surface area contributed by atoms with Crippen molar-refractivity contribution in [3.8, 4) is 11.3 Å². The number of carbonyl (C=O) groups excluding carboxylic acids is 1. The van der Waals surface area contributed by atoms with Gasteiger partial charge in [-0.25, -0.2) is 23.1 Å². The maximum Gasteiger partial charge on any atom is 0.291 e. The van der Waals surface area contributed by atoms with Crippen LogP contribution in [-0.2, 0) is 10.0 Å². The van der Waals surface area contributed by atoms with Crippen LogP contribution in [0.4, 0.5) is 11.6 Å². The zero-order valence-corrected chi connectivity index (χ0v) is 20.3. The van der Waals surface area contributed by atoms with Crippen molar-refractivity contribution in [2.24, 2.45) is 0 Å². The number of furan rings is 1. The molecule has 0 saturated carbocycles. The van der Waals surface area contributed by atoms with Gasteiger partial charge in [0.25, 0.3) is 15.9 Å². The fourth-order valence-corrected chi connectivity index (χ4v) is 4.64. The Labute approximate surface area is 206 Å². The van der Waals surface area contributed by atoms with Crippen molar-refractivity contribution >= 4 is 50.8 Å². The second kappa shape index (κ2) is 9.46. The minimum atomic E-state index is -3.91. The standard InChI is InChI=1S/C23H18Cl2N4O4S/c1-13-9-14(2)27-23(26-13)29-34(31,32)19-5-3-18(4-6-19)28-22(30)21-8-7-20(33-21)15-10-16(24)12-17(25)11-15/h3-12H,1-2H3,(H,28,30)(H,26,27,29). The van der Waals surface area contributed by atoms with E-state index in [0.717, 1.165) is 0 Å². The van der Waals surface area contributed by atoms with Gasteiger partial charge in [-0.3, -0.25) is 4.79 Å². The van der Waals surface area contributed by atoms with Gasteiger partial charge in [0.05, 0.1) is 4.90 Å². The van der Waals surface area contributed by atoms with Gasteiger partial charge >= 0.3 is 0 Å². The molecule has 0 spiro atoms. The van der Waals surface area contributed by atoms with Gasteiger partial charge < -0.3 is 9.73 Å². The number of benzene rings is 2. The third-order valence-electron chi connectivity index (χ3n) is 4.61. The monoisotopic (exact) mass is 516 g/mol. The van der Waals surface area contributed by atoms with E-state index in [1.807, 2.05) is 0 Å². The molecule has 34 heavy (non-hydrogen) atoms. The third-order valence-corrected chi connectivity index (χ3v) is 6.39. The molecule has 4 rings (SSSR count). The Hall–Kier alpha value is -3.40. The molecule has 0 fully saturated rings. The molecule has 0 aliphatic carbocycles. The first kappa shape index (κ1) is 23.7. The highest BCUT2D eigenvalue weighted by molar-refractivity contribution is 7.92. The summed E-state index contributed by atoms with van der Waals surface area (Å²) in [5.41, 5.74) is 2.30. The van der Waals surface area contributed by atoms with Crippen molar-refractivity contribution in [2.75, 3.05) is 10.0 Å². The van der Waals surface area contributed by atoms with Crippen LogP contribution in [0.1, 0.15) is 21.9 Å². The molecular formula is C23H18Cl2N4O4S. The number of amides is 1. The van der Waals surface area contributed by atoms with Gasteiger partial charge in [-0.15, -0.1) is 0 Å². The number of aryl methyl sites for hydroxylation is 2. The number of aromatic nitrogens is 2. The average Bonchev–Trinajstić information content (AvgIpc) is 3.23. The number of nitrogens with one attached hydrogen (secondary N) is 2. The van der Waals surface area contributed by atoms with E-state index in [2.05, 4.69) is 20.0 Å². The van der Waals surface area contributed by atoms with E-state index in [9.17, 15) is 13.2 Å². The first-order valence-corrected chi connectivity index (χ1v) is 12.2. The van der Waals surface area contributed by atoms with Crippen molar-refractivity contribution in [3.05, 3.63) is 87.9 Å². The zero-order valence-electron chi connectivity index (χ0n) is 18.0. The summed E-state index contributed by atoms with van der Waals surface area (Å²) in [4.78, 5) is 20.7. The topological polar surface area (TPSA) is 114 Å². The smallest absolute Gasteiger partial charge is 0.291 e. The van der Waals surface area contributed by atoms with Crippen LogP contribution in [0.3, 0.4) is 0 Å². The van der Waals surface area contributed by atoms with Crippen LogP contribution in [0.25, 0.3) is 11.3 Å². The van der Waals surface area contributed by atoms with Gasteiger partial charge in [-0.2, -0.15) is 0 Å². The first-order valence-electron chi connectivity index (χ1n) is 9.92. The maximum atomic E-state index is 12.7. The van der Waals surface area contributed by atoms with E-state index in [4.69, 9.17) is 27.6 Å². The molecule has 8 nitrogen and oxygen atoms in total. The molecule has 2 aromatic heterocycles. The Bertz CT molecular complexity index is 1440. The van der Waals surface area contributed by atoms with Gasteiger partial charge in [0, 0.05) is 32.7 Å². The fourth-order valence-electron chi connectivity index (χ4n) is 3.17. The van der Waals surface area contributed by atoms with Crippen molar-refractivity contribution in [3.63, 3.8) is 0 Å². The van der Waals surface area contributed by atoms with Crippen LogP contribution in [0.5, 0.6) is 0 Å². The summed E-state index contributed by atoms with van der Waals surface area (Å²) in [7, 11) is -3.91. The van der Waals surface area contributed by atoms with E-state index in [1.165, 1.54) is 30.3 Å². The lowest BCUT2D eigenvalue weighted by Crippen LogP contribution is -2.16. The number of carbonyl (C=O) groups is 1. The highest BCUT2D eigenvalue weighted by atomic mass is 35.5. The second-order valence-corrected chi connectivity index (χ2v) is 9.94. The molecule has 0 atom stereocenters. The van der Waals surface area contributed by atoms with Gasteiger partial charge in [0.1, 0.15) is 5.76 Å². The summed E-state index contributed by atoms with van der Waals surface area (Å²) in [5, 5.41) is 3.55. The lowest BCUT2D eigenvalue weighted by Gasteiger charge is -2.09. The molecule has 0 saturated heterocycles. The molecule has 2 aromatic carbocycles. The number of nitrogens with zero attached hydrogens (tertiary/aromatic N) is 2. The molecule has 1 amide bonds. The summed E-state index contributed by atoms with van der Waals surface area (Å²) < 4.78 is 33.3. The van der Waals surface area contributed by atoms with Crippen LogP contribution in [-0.4, -0.2) is 24.3 Å². The molecular weight excluding hydrogens is 499 g/mol. The molecule has 0 aliphatic rings. The van der Waals surface area contributed by atoms with E-state index in [0.29, 0.717) is 38.4 Å². The quantitative estimate of drug-likeness (QED) is 0.339. The van der Waals surface area contributed by atoms with Crippen LogP contribution in [0.15, 0.2) is 70.0 Å². The predicted octanol–water partition coefficient (Wildman–Crippen LogP) is 5.71. The SMILES string of the molecule is Cc1cc(C)nc(NS(=O)(=O)c2ccc(NC(=O)c3ccc(-c4cc(Cl)cc(Cl)c4)o3)cc2)n1. The molecule has 174 valence electrons. The summed E-state index contributed by atoms with van der Waals surface area (Å²) >= 11 is 12.0. The molecule has 0 radical (unpaired) electrons. The van der Waals surface area contributed by atoms with Crippen LogP contribution < -0.4 is 10.0 Å². The minimum Gasteiger partial charge on any atom is -0.451 e. The minimum absolute atomic E-state index is 0.00798. The molecule has 0 unspecified atom stereocenters. The van der Waals surface area contributed by atoms with Crippen LogP contribution >= 0.6 is 23.2 Å². The Balaban J connectivity index is 1.46. The average molecular weight is 517 g/mol. The molecule has 11 heteroatoms. The lowest BCUT2D eigenvalue weighted by molar-refractivity contribution is 0.0997. The van der Waals surface area contributed by atoms with Gasteiger partial charge in [0.15, 0.2) is 5.76 Å². The predicted molar refractivity (Wildman–Crippen MR) is 131 cm³/mol. The summed E-state index contributed by atoms with van der Waals surface area (Å²) in [5.74, 6) is -0.0201. The van der Waals surface area contributed by atoms with Crippen LogP contribution in [0, 0.1) is 13.8 Å². The molecule has 0 bridgehead atoms. The third kappa shape index (κ3) is 5.56. The second-order valence-electron chi connectivity index (χ2n) is 7.38. The fraction of sp³-hybridized carbons (Fsp3) is 0.0870. The van der Waals surface area contributed by atoms with Gasteiger partial charge in [-0.05, 0) is 74.5 Å². The first-order chi connectivity index (χ1) is 16.1. The number of hydrogen-bond donors (Lipinski definition) is 2. The summed E-state index contributed by atoms with van der Waals surface area (Å²) in [6, 6.07) is 15.5. The number of anilines is 2. The van der Waals surface area contributed by atoms with E-state index in [1.54, 1.807) is 44.2 Å². The number of hydrogen-bond acceptors (Lipinski definition) is 6. The Morgan fingerprint density at radius 1 is 0.882 bits per heavy atom. The van der Waals surface area contributed by atoms with Crippen molar-refractivity contribution in [2.45, 2.75) is 18.7 Å². The maximum absolute atomic E-state index is 12.7. The van der Waals surface area contributed by atoms with Crippen molar-refractivity contribution in [1.29, 1.82) is 0 Å². The Morgan fingerprint density at radius 3 is 2.12 bits per heavy atom. The number of rotatable bonds is 6. The number of halogens is 2. The summed E-state index contributed by atoms with van der Waals surface area (Å²) in [6.45, 7) is 3.49. The molecule has 0 aliphatic heterocycles. The van der Waals surface area contributed by atoms with E-state index >= 15 is 0 Å². The van der Waals surface area contributed by atoms with E-state index < -0.39 is 15.9 Å². The largest absolute Gasteiger partial charge is 0.451 e. The molecule has 4 aromatic rings. The highest BCUT2D eigenvalue weighted by Crippen LogP contribution is 2.29. The number of sulfonamides is 1. The Morgan fingerprint density at radius 2 is 1.50 bits per heavy atom. The van der Waals surface area contributed by atoms with Gasteiger partial charge in [-0.1, -0.05) is 23.2 Å². The Kier molecular flexibility index (Phi) is 6.60. The van der Waals surface area contributed by atoms with Gasteiger partial charge in [0.2, 0.25) is 5.95 Å². The van der Waals surface area contributed by atoms with Crippen LogP contribution in [0.2, 0.25) is 10.0 Å². The van der Waals surface area contributed by atoms with Crippen molar-refractivity contribution < 1.29 is 17.6 Å².